The second-order valence-electron chi connectivity index (χ2n) is 6.65. The van der Waals surface area contributed by atoms with Crippen LogP contribution in [0.25, 0.3) is 20.4 Å². The summed E-state index contributed by atoms with van der Waals surface area (Å²) < 4.78 is 1.08. The highest BCUT2D eigenvalue weighted by atomic mass is 32.1. The summed E-state index contributed by atoms with van der Waals surface area (Å²) in [5.74, 6) is 1.30. The van der Waals surface area contributed by atoms with Gasteiger partial charge in [-0.1, -0.05) is 13.8 Å². The molecule has 0 aliphatic heterocycles. The minimum Gasteiger partial charge on any atom is -0.396 e. The lowest BCUT2D eigenvalue weighted by molar-refractivity contribution is 0.292. The molecule has 1 aliphatic carbocycles. The highest BCUT2D eigenvalue weighted by Crippen LogP contribution is 2.42. The van der Waals surface area contributed by atoms with Crippen LogP contribution in [-0.4, -0.2) is 33.2 Å². The quantitative estimate of drug-likeness (QED) is 0.693. The Morgan fingerprint density at radius 1 is 1.25 bits per heavy atom. The Balaban J connectivity index is 1.93. The Labute approximate surface area is 145 Å². The number of thiophene rings is 1. The van der Waals surface area contributed by atoms with Gasteiger partial charge in [-0.3, -0.25) is 0 Å². The van der Waals surface area contributed by atoms with E-state index in [0.717, 1.165) is 33.7 Å². The van der Waals surface area contributed by atoms with Crippen LogP contribution in [0.1, 0.15) is 49.4 Å². The molecule has 4 rings (SSSR count). The molecule has 0 unspecified atom stereocenters. The molecular formula is C18H22N4OS. The van der Waals surface area contributed by atoms with E-state index in [0.29, 0.717) is 18.9 Å². The van der Waals surface area contributed by atoms with Gasteiger partial charge in [0.2, 0.25) is 0 Å². The van der Waals surface area contributed by atoms with Gasteiger partial charge in [0.05, 0.1) is 10.2 Å². The van der Waals surface area contributed by atoms with E-state index < -0.39 is 0 Å². The van der Waals surface area contributed by atoms with Gasteiger partial charge in [0, 0.05) is 24.2 Å². The molecule has 0 aromatic carbocycles. The molecule has 126 valence electrons. The summed E-state index contributed by atoms with van der Waals surface area (Å²) in [5, 5.41) is 13.5. The Kier molecular flexibility index (Phi) is 4.10. The standard InChI is InChI=1S/C18H22N4OS/c1-10(2)14-12-6-3-5-11(12)13-15-16(24-18(13)22-14)17(21-9-20-15)19-7-4-8-23/h9-10,23H,3-8H2,1-2H3,(H,19,20,21). The molecule has 6 heteroatoms. The van der Waals surface area contributed by atoms with Gasteiger partial charge in [-0.05, 0) is 42.7 Å². The minimum atomic E-state index is 0.181. The second-order valence-corrected chi connectivity index (χ2v) is 7.65. The van der Waals surface area contributed by atoms with Crippen molar-refractivity contribution in [2.45, 2.75) is 45.4 Å². The first-order chi connectivity index (χ1) is 11.7. The Bertz CT molecular complexity index is 903. The topological polar surface area (TPSA) is 70.9 Å². The van der Waals surface area contributed by atoms with Gasteiger partial charge in [0.15, 0.2) is 0 Å². The Morgan fingerprint density at radius 3 is 2.88 bits per heavy atom. The van der Waals surface area contributed by atoms with E-state index in [1.54, 1.807) is 17.7 Å². The van der Waals surface area contributed by atoms with E-state index in [1.165, 1.54) is 28.6 Å². The molecular weight excluding hydrogens is 320 g/mol. The van der Waals surface area contributed by atoms with Crippen molar-refractivity contribution in [1.29, 1.82) is 0 Å². The maximum atomic E-state index is 8.98. The molecule has 0 spiro atoms. The van der Waals surface area contributed by atoms with E-state index in [1.807, 2.05) is 0 Å². The second kappa shape index (κ2) is 6.26. The molecule has 1 aliphatic rings. The lowest BCUT2D eigenvalue weighted by Crippen LogP contribution is -2.05. The third-order valence-electron chi connectivity index (χ3n) is 4.68. The van der Waals surface area contributed by atoms with Crippen LogP contribution >= 0.6 is 11.3 Å². The maximum Gasteiger partial charge on any atom is 0.147 e. The van der Waals surface area contributed by atoms with Crippen molar-refractivity contribution in [3.63, 3.8) is 0 Å². The van der Waals surface area contributed by atoms with Crippen LogP contribution in [0.15, 0.2) is 6.33 Å². The van der Waals surface area contributed by atoms with Gasteiger partial charge in [0.1, 0.15) is 17.0 Å². The fourth-order valence-corrected chi connectivity index (χ4v) is 4.75. The van der Waals surface area contributed by atoms with Gasteiger partial charge in [-0.25, -0.2) is 15.0 Å². The van der Waals surface area contributed by atoms with Crippen molar-refractivity contribution >= 4 is 37.6 Å². The van der Waals surface area contributed by atoms with E-state index in [-0.39, 0.29) is 6.61 Å². The van der Waals surface area contributed by atoms with Crippen molar-refractivity contribution in [3.05, 3.63) is 23.1 Å². The first-order valence-corrected chi connectivity index (χ1v) is 9.46. The first-order valence-electron chi connectivity index (χ1n) is 8.64. The summed E-state index contributed by atoms with van der Waals surface area (Å²) in [6, 6.07) is 0. The zero-order valence-electron chi connectivity index (χ0n) is 14.1. The third-order valence-corrected chi connectivity index (χ3v) is 5.76. The fraction of sp³-hybridized carbons (Fsp3) is 0.500. The fourth-order valence-electron chi connectivity index (χ4n) is 3.62. The molecule has 24 heavy (non-hydrogen) atoms. The monoisotopic (exact) mass is 342 g/mol. The highest BCUT2D eigenvalue weighted by molar-refractivity contribution is 7.26. The molecule has 3 aromatic heterocycles. The van der Waals surface area contributed by atoms with Crippen LogP contribution in [0.4, 0.5) is 5.82 Å². The summed E-state index contributed by atoms with van der Waals surface area (Å²) in [5.41, 5.74) is 5.18. The van der Waals surface area contributed by atoms with Gasteiger partial charge in [0.25, 0.3) is 0 Å². The molecule has 0 saturated carbocycles. The zero-order chi connectivity index (χ0) is 16.7. The third kappa shape index (κ3) is 2.45. The number of fused-ring (bicyclic) bond motifs is 5. The lowest BCUT2D eigenvalue weighted by atomic mass is 9.99. The number of hydrogen-bond donors (Lipinski definition) is 2. The molecule has 5 nitrogen and oxygen atoms in total. The van der Waals surface area contributed by atoms with Crippen molar-refractivity contribution in [2.75, 3.05) is 18.5 Å². The highest BCUT2D eigenvalue weighted by Gasteiger charge is 2.25. The summed E-state index contributed by atoms with van der Waals surface area (Å²) in [6.45, 7) is 5.34. The van der Waals surface area contributed by atoms with Crippen molar-refractivity contribution in [3.8, 4) is 0 Å². The van der Waals surface area contributed by atoms with Gasteiger partial charge < -0.3 is 10.4 Å². The predicted octanol–water partition coefficient (Wildman–Crippen LogP) is 3.65. The van der Waals surface area contributed by atoms with Crippen LogP contribution in [0.5, 0.6) is 0 Å². The Morgan fingerprint density at radius 2 is 2.08 bits per heavy atom. The van der Waals surface area contributed by atoms with Crippen LogP contribution in [-0.2, 0) is 12.8 Å². The van der Waals surface area contributed by atoms with Gasteiger partial charge in [-0.2, -0.15) is 0 Å². The smallest absolute Gasteiger partial charge is 0.147 e. The number of hydrogen-bond acceptors (Lipinski definition) is 6. The summed E-state index contributed by atoms with van der Waals surface area (Å²) in [6.07, 6.45) is 5.81. The van der Waals surface area contributed by atoms with Crippen LogP contribution < -0.4 is 5.32 Å². The van der Waals surface area contributed by atoms with E-state index in [9.17, 15) is 0 Å². The van der Waals surface area contributed by atoms with E-state index >= 15 is 0 Å². The molecule has 3 heterocycles. The van der Waals surface area contributed by atoms with Crippen molar-refractivity contribution in [2.24, 2.45) is 0 Å². The molecule has 0 radical (unpaired) electrons. The summed E-state index contributed by atoms with van der Waals surface area (Å²) in [4.78, 5) is 15.1. The van der Waals surface area contributed by atoms with Gasteiger partial charge in [-0.15, -0.1) is 11.3 Å². The number of nitrogens with zero attached hydrogens (tertiary/aromatic N) is 3. The lowest BCUT2D eigenvalue weighted by Gasteiger charge is -2.11. The van der Waals surface area contributed by atoms with Crippen LogP contribution in [0, 0.1) is 0 Å². The van der Waals surface area contributed by atoms with E-state index in [2.05, 4.69) is 29.1 Å². The summed E-state index contributed by atoms with van der Waals surface area (Å²) >= 11 is 1.68. The van der Waals surface area contributed by atoms with Crippen molar-refractivity contribution in [1.82, 2.24) is 15.0 Å². The number of pyridine rings is 1. The average Bonchev–Trinajstić information content (AvgIpc) is 3.18. The molecule has 0 bridgehead atoms. The van der Waals surface area contributed by atoms with Gasteiger partial charge >= 0.3 is 0 Å². The predicted molar refractivity (Wildman–Crippen MR) is 99.0 cm³/mol. The number of aromatic nitrogens is 3. The van der Waals surface area contributed by atoms with E-state index in [4.69, 9.17) is 10.1 Å². The molecule has 3 aromatic rings. The summed E-state index contributed by atoms with van der Waals surface area (Å²) in [7, 11) is 0. The Hall–Kier alpha value is -1.79. The largest absolute Gasteiger partial charge is 0.396 e. The molecule has 2 N–H and O–H groups in total. The number of anilines is 1. The molecule has 0 fully saturated rings. The number of aliphatic hydroxyl groups excluding tert-OH is 1. The minimum absolute atomic E-state index is 0.181. The number of aryl methyl sites for hydroxylation is 1. The maximum absolute atomic E-state index is 8.98. The molecule has 0 saturated heterocycles. The number of nitrogens with one attached hydrogen (secondary N) is 1. The molecule has 0 atom stereocenters. The first kappa shape index (κ1) is 15.7. The zero-order valence-corrected chi connectivity index (χ0v) is 14.9. The van der Waals surface area contributed by atoms with Crippen LogP contribution in [0.2, 0.25) is 0 Å². The SMILES string of the molecule is CC(C)c1nc2sc3c(NCCCO)ncnc3c2c2c1CCC2. The number of rotatable bonds is 5. The molecule has 0 amide bonds. The normalized spacial score (nSPS) is 14.0. The van der Waals surface area contributed by atoms with Crippen molar-refractivity contribution < 1.29 is 5.11 Å². The number of aliphatic hydroxyl groups is 1. The van der Waals surface area contributed by atoms with Crippen LogP contribution in [0.3, 0.4) is 0 Å². The average molecular weight is 342 g/mol.